The predicted molar refractivity (Wildman–Crippen MR) is 65.3 cm³/mol. The number of carbonyl (C=O) groups excluding carboxylic acids is 1. The van der Waals surface area contributed by atoms with Crippen LogP contribution in [0.4, 0.5) is 0 Å². The topological polar surface area (TPSA) is 52.6 Å². The molecule has 2 fully saturated rings. The minimum atomic E-state index is -0.629. The summed E-state index contributed by atoms with van der Waals surface area (Å²) in [5.41, 5.74) is -0.629. The number of rotatable bonds is 3. The fraction of sp³-hybridized carbons (Fsp3) is 0.909. The van der Waals surface area contributed by atoms with E-state index in [2.05, 4.69) is 5.32 Å². The van der Waals surface area contributed by atoms with Gasteiger partial charge in [-0.2, -0.15) is 0 Å². The number of hydrogen-bond donors (Lipinski definition) is 2. The smallest absolute Gasteiger partial charge is 0.240 e. The first-order valence-corrected chi connectivity index (χ1v) is 7.05. The van der Waals surface area contributed by atoms with Crippen molar-refractivity contribution < 1.29 is 9.90 Å². The zero-order valence-corrected chi connectivity index (χ0v) is 10.6. The molecule has 4 nitrogen and oxygen atoms in total. The Morgan fingerprint density at radius 2 is 2.25 bits per heavy atom. The molecule has 0 aromatic carbocycles. The first-order chi connectivity index (χ1) is 7.61. The summed E-state index contributed by atoms with van der Waals surface area (Å²) >= 11 is 1.75. The molecule has 2 rings (SSSR count). The lowest BCUT2D eigenvalue weighted by molar-refractivity contribution is -0.134. The zero-order valence-electron chi connectivity index (χ0n) is 9.74. The Labute approximate surface area is 101 Å². The van der Waals surface area contributed by atoms with Gasteiger partial charge in [-0.3, -0.25) is 10.1 Å². The maximum absolute atomic E-state index is 12.0. The highest BCUT2D eigenvalue weighted by Gasteiger charge is 2.35. The lowest BCUT2D eigenvalue weighted by atomic mass is 10.0. The highest BCUT2D eigenvalue weighted by Crippen LogP contribution is 2.30. The summed E-state index contributed by atoms with van der Waals surface area (Å²) in [7, 11) is 1.79. The molecule has 1 saturated heterocycles. The van der Waals surface area contributed by atoms with Crippen LogP contribution in [0.1, 0.15) is 25.7 Å². The molecule has 1 aliphatic heterocycles. The molecule has 0 bridgehead atoms. The number of amides is 1. The number of nitrogens with zero attached hydrogens (tertiary/aromatic N) is 1. The van der Waals surface area contributed by atoms with E-state index >= 15 is 0 Å². The molecule has 16 heavy (non-hydrogen) atoms. The van der Waals surface area contributed by atoms with Crippen molar-refractivity contribution in [2.45, 2.75) is 37.3 Å². The van der Waals surface area contributed by atoms with Crippen molar-refractivity contribution in [3.05, 3.63) is 0 Å². The molecule has 5 heteroatoms. The lowest BCUT2D eigenvalue weighted by Crippen LogP contribution is -2.48. The SMILES string of the molecule is CN(CC1(O)CCCC1)C(=O)C1CSCN1. The second-order valence-corrected chi connectivity index (χ2v) is 5.93. The van der Waals surface area contributed by atoms with Crippen molar-refractivity contribution >= 4 is 17.7 Å². The van der Waals surface area contributed by atoms with Crippen LogP contribution in [0, 0.1) is 0 Å². The second kappa shape index (κ2) is 4.94. The quantitative estimate of drug-likeness (QED) is 0.755. The van der Waals surface area contributed by atoms with E-state index in [9.17, 15) is 9.90 Å². The Kier molecular flexibility index (Phi) is 3.77. The maximum atomic E-state index is 12.0. The highest BCUT2D eigenvalue weighted by molar-refractivity contribution is 7.99. The van der Waals surface area contributed by atoms with E-state index in [1.165, 1.54) is 0 Å². The van der Waals surface area contributed by atoms with Crippen molar-refractivity contribution in [1.82, 2.24) is 10.2 Å². The molecule has 92 valence electrons. The normalized spacial score (nSPS) is 28.2. The third-order valence-electron chi connectivity index (χ3n) is 3.46. The van der Waals surface area contributed by atoms with Crippen LogP contribution in [0.3, 0.4) is 0 Å². The van der Waals surface area contributed by atoms with Crippen LogP contribution in [0.5, 0.6) is 0 Å². The average Bonchev–Trinajstić information content (AvgIpc) is 2.87. The molecule has 0 radical (unpaired) electrons. The highest BCUT2D eigenvalue weighted by atomic mass is 32.2. The van der Waals surface area contributed by atoms with E-state index in [4.69, 9.17) is 0 Å². The van der Waals surface area contributed by atoms with E-state index in [1.54, 1.807) is 23.7 Å². The standard InChI is InChI=1S/C11H20N2O2S/c1-13(7-11(15)4-2-3-5-11)10(14)9-6-16-8-12-9/h9,12,15H,2-8H2,1H3. The molecule has 1 aliphatic carbocycles. The summed E-state index contributed by atoms with van der Waals surface area (Å²) in [5, 5.41) is 13.4. The van der Waals surface area contributed by atoms with Crippen LogP contribution in [0.2, 0.25) is 0 Å². The second-order valence-electron chi connectivity index (χ2n) is 4.90. The van der Waals surface area contributed by atoms with Gasteiger partial charge in [0.25, 0.3) is 0 Å². The molecule has 1 saturated carbocycles. The van der Waals surface area contributed by atoms with Gasteiger partial charge in [0.15, 0.2) is 0 Å². The van der Waals surface area contributed by atoms with E-state index in [0.29, 0.717) is 6.54 Å². The zero-order chi connectivity index (χ0) is 11.6. The van der Waals surface area contributed by atoms with Crippen molar-refractivity contribution in [2.24, 2.45) is 0 Å². The van der Waals surface area contributed by atoms with Crippen molar-refractivity contribution in [1.29, 1.82) is 0 Å². The number of likely N-dealkylation sites (N-methyl/N-ethyl adjacent to an activating group) is 1. The molecule has 0 spiro atoms. The minimum absolute atomic E-state index is 0.0556. The molecule has 2 N–H and O–H groups in total. The number of nitrogens with one attached hydrogen (secondary N) is 1. The number of thioether (sulfide) groups is 1. The minimum Gasteiger partial charge on any atom is -0.388 e. The van der Waals surface area contributed by atoms with E-state index in [0.717, 1.165) is 37.3 Å². The molecule has 1 amide bonds. The predicted octanol–water partition coefficient (Wildman–Crippen LogP) is 0.412. The monoisotopic (exact) mass is 244 g/mol. The molecule has 0 aromatic rings. The van der Waals surface area contributed by atoms with Crippen LogP contribution in [-0.4, -0.2) is 52.8 Å². The summed E-state index contributed by atoms with van der Waals surface area (Å²) in [5.74, 6) is 1.82. The molecule has 2 aliphatic rings. The van der Waals surface area contributed by atoms with Crippen LogP contribution in [-0.2, 0) is 4.79 Å². The van der Waals surface area contributed by atoms with Crippen LogP contribution in [0.25, 0.3) is 0 Å². The van der Waals surface area contributed by atoms with E-state index in [1.807, 2.05) is 0 Å². The third-order valence-corrected chi connectivity index (χ3v) is 4.40. The largest absolute Gasteiger partial charge is 0.388 e. The molecular weight excluding hydrogens is 224 g/mol. The third kappa shape index (κ3) is 2.70. The fourth-order valence-corrected chi connectivity index (χ4v) is 3.46. The van der Waals surface area contributed by atoms with Gasteiger partial charge in [-0.15, -0.1) is 11.8 Å². The van der Waals surface area contributed by atoms with Crippen LogP contribution in [0.15, 0.2) is 0 Å². The van der Waals surface area contributed by atoms with Gasteiger partial charge in [0.1, 0.15) is 0 Å². The molecule has 0 aromatic heterocycles. The number of hydrogen-bond acceptors (Lipinski definition) is 4. The fourth-order valence-electron chi connectivity index (χ4n) is 2.53. The van der Waals surface area contributed by atoms with Crippen molar-refractivity contribution in [3.8, 4) is 0 Å². The van der Waals surface area contributed by atoms with Gasteiger partial charge in [-0.25, -0.2) is 0 Å². The summed E-state index contributed by atoms with van der Waals surface area (Å²) < 4.78 is 0. The van der Waals surface area contributed by atoms with Gasteiger partial charge in [-0.05, 0) is 12.8 Å². The van der Waals surface area contributed by atoms with Gasteiger partial charge in [0.05, 0.1) is 11.6 Å². The van der Waals surface area contributed by atoms with Crippen LogP contribution >= 0.6 is 11.8 Å². The summed E-state index contributed by atoms with van der Waals surface area (Å²) in [4.78, 5) is 13.7. The first-order valence-electron chi connectivity index (χ1n) is 5.89. The van der Waals surface area contributed by atoms with E-state index in [-0.39, 0.29) is 11.9 Å². The Bertz CT molecular complexity index is 261. The van der Waals surface area contributed by atoms with Gasteiger partial charge in [-0.1, -0.05) is 12.8 Å². The number of carbonyl (C=O) groups is 1. The first kappa shape index (κ1) is 12.2. The summed E-state index contributed by atoms with van der Waals surface area (Å²) in [6, 6.07) is -0.0556. The van der Waals surface area contributed by atoms with Crippen molar-refractivity contribution in [2.75, 3.05) is 25.2 Å². The Morgan fingerprint density at radius 1 is 1.56 bits per heavy atom. The van der Waals surface area contributed by atoms with Gasteiger partial charge in [0, 0.05) is 25.2 Å². The number of aliphatic hydroxyl groups is 1. The Balaban J connectivity index is 1.86. The molecule has 1 heterocycles. The maximum Gasteiger partial charge on any atom is 0.240 e. The average molecular weight is 244 g/mol. The summed E-state index contributed by atoms with van der Waals surface area (Å²) in [6.07, 6.45) is 3.82. The van der Waals surface area contributed by atoms with Gasteiger partial charge in [0.2, 0.25) is 5.91 Å². The lowest BCUT2D eigenvalue weighted by Gasteiger charge is -2.30. The van der Waals surface area contributed by atoms with Crippen LogP contribution < -0.4 is 5.32 Å². The summed E-state index contributed by atoms with van der Waals surface area (Å²) in [6.45, 7) is 0.481. The van der Waals surface area contributed by atoms with Crippen molar-refractivity contribution in [3.63, 3.8) is 0 Å². The van der Waals surface area contributed by atoms with Gasteiger partial charge >= 0.3 is 0 Å². The molecular formula is C11H20N2O2S. The Morgan fingerprint density at radius 3 is 2.81 bits per heavy atom. The molecule has 1 unspecified atom stereocenters. The Hall–Kier alpha value is -0.260. The van der Waals surface area contributed by atoms with E-state index < -0.39 is 5.60 Å². The molecule has 1 atom stereocenters. The van der Waals surface area contributed by atoms with Gasteiger partial charge < -0.3 is 10.0 Å².